The van der Waals surface area contributed by atoms with Crippen LogP contribution in [0.1, 0.15) is 6.92 Å². The van der Waals surface area contributed by atoms with E-state index in [1.807, 2.05) is 0 Å². The minimum absolute atomic E-state index is 0.575. The molecule has 1 saturated heterocycles. The van der Waals surface area contributed by atoms with Gasteiger partial charge in [-0.2, -0.15) is 39.5 Å². The van der Waals surface area contributed by atoms with Crippen molar-refractivity contribution in [2.45, 2.75) is 43.1 Å². The van der Waals surface area contributed by atoms with Crippen LogP contribution in [0.3, 0.4) is 0 Å². The van der Waals surface area contributed by atoms with Crippen LogP contribution in [0, 0.1) is 0 Å². The molecule has 1 aliphatic heterocycles. The molecule has 3 nitrogen and oxygen atoms in total. The predicted molar refractivity (Wildman–Crippen MR) is 41.7 cm³/mol. The summed E-state index contributed by atoms with van der Waals surface area (Å²) in [4.78, 5) is 10.5. The summed E-state index contributed by atoms with van der Waals surface area (Å²) in [5, 5.41) is 0. The molecule has 0 bridgehead atoms. The highest BCUT2D eigenvalue weighted by Gasteiger charge is 2.84. The molecule has 0 aliphatic carbocycles. The molecule has 1 fully saturated rings. The highest BCUT2D eigenvalue weighted by atomic mass is 19.4. The molecule has 2 unspecified atom stereocenters. The van der Waals surface area contributed by atoms with Crippen molar-refractivity contribution >= 4 is 6.16 Å². The molecule has 0 amide bonds. The first-order valence-electron chi connectivity index (χ1n) is 4.73. The van der Waals surface area contributed by atoms with E-state index in [-0.39, 0.29) is 0 Å². The van der Waals surface area contributed by atoms with Crippen LogP contribution in [0.25, 0.3) is 0 Å². The van der Waals surface area contributed by atoms with E-state index in [0.717, 1.165) is 0 Å². The van der Waals surface area contributed by atoms with E-state index < -0.39 is 42.3 Å². The van der Waals surface area contributed by atoms with E-state index in [1.165, 1.54) is 0 Å². The van der Waals surface area contributed by atoms with Crippen molar-refractivity contribution in [3.8, 4) is 0 Å². The lowest BCUT2D eigenvalue weighted by Gasteiger charge is -2.35. The summed E-state index contributed by atoms with van der Waals surface area (Å²) in [6, 6.07) is 0. The molecule has 0 spiro atoms. The van der Waals surface area contributed by atoms with Crippen LogP contribution < -0.4 is 0 Å². The Bertz CT molecular complexity index is 402. The fourth-order valence-electron chi connectivity index (χ4n) is 1.38. The van der Waals surface area contributed by atoms with Gasteiger partial charge < -0.3 is 9.47 Å². The second kappa shape index (κ2) is 4.32. The van der Waals surface area contributed by atoms with Gasteiger partial charge in [0, 0.05) is 0 Å². The first-order valence-corrected chi connectivity index (χ1v) is 4.73. The maximum absolute atomic E-state index is 13.3. The van der Waals surface area contributed by atoms with Crippen LogP contribution in [0.4, 0.5) is 44.3 Å². The van der Waals surface area contributed by atoms with Gasteiger partial charge in [-0.1, -0.05) is 0 Å². The molecular formula is C8H5F9O3. The van der Waals surface area contributed by atoms with E-state index in [4.69, 9.17) is 0 Å². The van der Waals surface area contributed by atoms with Gasteiger partial charge in [0.25, 0.3) is 0 Å². The molecule has 0 radical (unpaired) electrons. The number of carbonyl (C=O) groups excluding carboxylic acids is 1. The molecule has 0 aromatic heterocycles. The summed E-state index contributed by atoms with van der Waals surface area (Å²) in [7, 11) is 0. The molecule has 0 N–H and O–H groups in total. The molecule has 12 heteroatoms. The highest BCUT2D eigenvalue weighted by Crippen LogP contribution is 2.55. The third-order valence-corrected chi connectivity index (χ3v) is 2.46. The lowest BCUT2D eigenvalue weighted by Crippen LogP contribution is -2.65. The van der Waals surface area contributed by atoms with Gasteiger partial charge in [-0.05, 0) is 6.92 Å². The van der Waals surface area contributed by atoms with Crippen LogP contribution >= 0.6 is 0 Å². The van der Waals surface area contributed by atoms with Gasteiger partial charge in [0.15, 0.2) is 0 Å². The van der Waals surface area contributed by atoms with Gasteiger partial charge in [0.05, 0.1) is 0 Å². The molecule has 1 heterocycles. The fourth-order valence-corrected chi connectivity index (χ4v) is 1.38. The van der Waals surface area contributed by atoms with E-state index in [2.05, 4.69) is 9.47 Å². The molecule has 0 aromatic carbocycles. The van der Waals surface area contributed by atoms with Crippen LogP contribution in [0.15, 0.2) is 0 Å². The van der Waals surface area contributed by atoms with E-state index in [1.54, 1.807) is 0 Å². The Kier molecular flexibility index (Phi) is 3.60. The van der Waals surface area contributed by atoms with E-state index in [9.17, 15) is 44.3 Å². The van der Waals surface area contributed by atoms with Crippen LogP contribution in [-0.2, 0) is 9.47 Å². The fraction of sp³-hybridized carbons (Fsp3) is 0.875. The number of alkyl halides is 9. The Balaban J connectivity index is 3.22. The zero-order chi connectivity index (χ0) is 16.1. The second-order valence-electron chi connectivity index (χ2n) is 3.88. The molecule has 1 aliphatic rings. The first-order chi connectivity index (χ1) is 8.66. The normalized spacial score (nSPS) is 25.4. The summed E-state index contributed by atoms with van der Waals surface area (Å²) in [6.07, 6.45) is -14.2. The van der Waals surface area contributed by atoms with E-state index in [0.29, 0.717) is 6.92 Å². The molecule has 0 saturated carbocycles. The van der Waals surface area contributed by atoms with Gasteiger partial charge in [-0.15, -0.1) is 0 Å². The molecule has 1 rings (SSSR count). The Hall–Kier alpha value is -1.36. The van der Waals surface area contributed by atoms with Gasteiger partial charge in [0.2, 0.25) is 6.10 Å². The average molecular weight is 320 g/mol. The first kappa shape index (κ1) is 16.7. The maximum Gasteiger partial charge on any atom is 0.509 e. The minimum Gasteiger partial charge on any atom is -0.427 e. The summed E-state index contributed by atoms with van der Waals surface area (Å²) in [6.45, 7) is 0.575. The largest absolute Gasteiger partial charge is 0.509 e. The highest BCUT2D eigenvalue weighted by molar-refractivity contribution is 5.62. The lowest BCUT2D eigenvalue weighted by molar-refractivity contribution is -0.405. The molecule has 0 aromatic rings. The van der Waals surface area contributed by atoms with E-state index >= 15 is 0 Å². The van der Waals surface area contributed by atoms with Gasteiger partial charge in [-0.3, -0.25) is 0 Å². The predicted octanol–water partition coefficient (Wildman–Crippen LogP) is 3.38. The topological polar surface area (TPSA) is 35.5 Å². The minimum atomic E-state index is -7.03. The maximum atomic E-state index is 13.3. The zero-order valence-electron chi connectivity index (χ0n) is 9.28. The number of carbonyl (C=O) groups is 1. The second-order valence-corrected chi connectivity index (χ2v) is 3.88. The molecule has 118 valence electrons. The number of hydrogen-bond acceptors (Lipinski definition) is 3. The Morgan fingerprint density at radius 2 is 1.30 bits per heavy atom. The van der Waals surface area contributed by atoms with Crippen molar-refractivity contribution in [3.05, 3.63) is 0 Å². The molecule has 2 atom stereocenters. The van der Waals surface area contributed by atoms with Gasteiger partial charge in [-0.25, -0.2) is 4.79 Å². The van der Waals surface area contributed by atoms with Crippen molar-refractivity contribution in [3.63, 3.8) is 0 Å². The van der Waals surface area contributed by atoms with Crippen LogP contribution in [0.2, 0.25) is 0 Å². The van der Waals surface area contributed by atoms with Crippen molar-refractivity contribution in [1.82, 2.24) is 0 Å². The smallest absolute Gasteiger partial charge is 0.427 e. The number of ether oxygens (including phenoxy) is 2. The van der Waals surface area contributed by atoms with Crippen LogP contribution in [-0.4, -0.2) is 42.3 Å². The zero-order valence-corrected chi connectivity index (χ0v) is 9.28. The van der Waals surface area contributed by atoms with Crippen molar-refractivity contribution < 1.29 is 53.8 Å². The lowest BCUT2D eigenvalue weighted by atomic mass is 9.96. The van der Waals surface area contributed by atoms with Crippen LogP contribution in [0.5, 0.6) is 0 Å². The SMILES string of the molecule is CC1OC(=O)OC1C(F)(F)C(F)(F)C(F)(F)C(F)(F)F. The standard InChI is InChI=1S/C8H5F9O3/c1-2-3(20-4(18)19-2)5(9,10)6(11,12)7(13,14)8(15,16)17/h2-3H,1H3. The van der Waals surface area contributed by atoms with Crippen molar-refractivity contribution in [2.24, 2.45) is 0 Å². The summed E-state index contributed by atoms with van der Waals surface area (Å²) >= 11 is 0. The van der Waals surface area contributed by atoms with Crippen molar-refractivity contribution in [1.29, 1.82) is 0 Å². The Morgan fingerprint density at radius 3 is 1.60 bits per heavy atom. The summed E-state index contributed by atoms with van der Waals surface area (Å²) in [5.41, 5.74) is 0. The number of cyclic esters (lactones) is 2. The monoisotopic (exact) mass is 320 g/mol. The third-order valence-electron chi connectivity index (χ3n) is 2.46. The molecule has 20 heavy (non-hydrogen) atoms. The van der Waals surface area contributed by atoms with Gasteiger partial charge in [0.1, 0.15) is 6.10 Å². The molecular weight excluding hydrogens is 315 g/mol. The summed E-state index contributed by atoms with van der Waals surface area (Å²) in [5.74, 6) is -19.9. The third kappa shape index (κ3) is 2.14. The van der Waals surface area contributed by atoms with Gasteiger partial charge >= 0.3 is 30.1 Å². The quantitative estimate of drug-likeness (QED) is 0.591. The Morgan fingerprint density at radius 1 is 0.850 bits per heavy atom. The van der Waals surface area contributed by atoms with Crippen molar-refractivity contribution in [2.75, 3.05) is 0 Å². The Labute approximate surface area is 104 Å². The number of halogens is 9. The number of rotatable bonds is 3. The number of hydrogen-bond donors (Lipinski definition) is 0. The average Bonchev–Trinajstić information content (AvgIpc) is 2.56. The summed E-state index contributed by atoms with van der Waals surface area (Å²) < 4.78 is 120.